The Hall–Kier alpha value is -16.2. The van der Waals surface area contributed by atoms with Crippen molar-refractivity contribution in [1.29, 1.82) is 0 Å². The lowest BCUT2D eigenvalue weighted by molar-refractivity contribution is 0.667. The molecule has 6 aromatic heterocycles. The number of rotatable bonds is 14. The summed E-state index contributed by atoms with van der Waals surface area (Å²) in [5.41, 5.74) is 27.6. The lowest BCUT2D eigenvalue weighted by atomic mass is 9.95. The van der Waals surface area contributed by atoms with Crippen LogP contribution in [0.5, 0.6) is 0 Å². The van der Waals surface area contributed by atoms with E-state index in [2.05, 4.69) is 293 Å². The minimum Gasteiger partial charge on any atom is -0.455 e. The highest BCUT2D eigenvalue weighted by Crippen LogP contribution is 2.43. The van der Waals surface area contributed by atoms with Gasteiger partial charge >= 0.3 is 0 Å². The molecule has 0 amide bonds. The third kappa shape index (κ3) is 13.6. The standard InChI is InChI=1S/2C53H33N5O/c1-3-11-34(12-4-1)35-23-27-40(28-24-35)52-56-51(39-14-5-2-6-15-39)57-53(58-52)44-19-10-18-43(32-44)42-17-9-16-41(31-42)36-21-25-38(26-22-36)48-50-49(55-33-54-48)47-45-20-8-7-13-37(45)29-30-46(47)59-50;1-3-11-34(12-4-1)35-23-27-39(28-24-35)52-56-51(38-13-5-2-6-14-38)57-53(58-52)43-18-10-17-42(30-43)41-16-9-15-40(29-41)36-21-25-37(26-22-36)46-31-44-32-54-33-55-49(44)48-45-19-7-8-20-47(45)59-50(46)48/h2*1-33H. The molecule has 118 heavy (non-hydrogen) atoms. The van der Waals surface area contributed by atoms with Crippen LogP contribution in [0.3, 0.4) is 0 Å². The summed E-state index contributed by atoms with van der Waals surface area (Å²) < 4.78 is 12.9. The second-order valence-electron chi connectivity index (χ2n) is 29.1. The molecule has 0 aliphatic carbocycles. The van der Waals surface area contributed by atoms with Gasteiger partial charge in [0.2, 0.25) is 0 Å². The third-order valence-electron chi connectivity index (χ3n) is 21.8. The van der Waals surface area contributed by atoms with Crippen LogP contribution < -0.4 is 0 Å². The second kappa shape index (κ2) is 30.4. The van der Waals surface area contributed by atoms with Crippen molar-refractivity contribution in [2.45, 2.75) is 0 Å². The molecule has 0 saturated heterocycles. The van der Waals surface area contributed by atoms with Gasteiger partial charge in [0.1, 0.15) is 40.6 Å². The van der Waals surface area contributed by atoms with E-state index >= 15 is 0 Å². The highest BCUT2D eigenvalue weighted by Gasteiger charge is 2.22. The minimum absolute atomic E-state index is 0.617. The number of hydrogen-bond donors (Lipinski definition) is 0. The molecule has 0 aliphatic rings. The maximum absolute atomic E-state index is 6.47. The zero-order valence-electron chi connectivity index (χ0n) is 63.4. The van der Waals surface area contributed by atoms with E-state index in [1.807, 2.05) is 115 Å². The van der Waals surface area contributed by atoms with Crippen LogP contribution >= 0.6 is 0 Å². The van der Waals surface area contributed by atoms with E-state index in [1.165, 1.54) is 11.1 Å². The van der Waals surface area contributed by atoms with Crippen molar-refractivity contribution in [3.05, 3.63) is 401 Å². The molecule has 0 unspecified atom stereocenters. The molecule has 0 atom stereocenters. The summed E-state index contributed by atoms with van der Waals surface area (Å²) in [6, 6.07) is 132. The minimum atomic E-state index is 0.617. The first kappa shape index (κ1) is 69.7. The fourth-order valence-electron chi connectivity index (χ4n) is 15.8. The SMILES string of the molecule is c1ccc(-c2ccc(-c3nc(-c4ccccc4)nc(-c4cccc(-c5cccc(-c6ccc(-c7cc8cncnc8c8c7oc7ccccc78)cc6)c5)c4)n3)cc2)cc1.c1ccc(-c2ccc(-c3nc(-c4ccccc4)nc(-c4cccc(-c5cccc(-c6ccc(-c7ncnc8c7oc7ccc9ccccc9c78)cc6)c5)c4)n3)cc2)cc1. The molecule has 0 bridgehead atoms. The first-order chi connectivity index (χ1) is 58.4. The van der Waals surface area contributed by atoms with Gasteiger partial charge in [0, 0.05) is 61.5 Å². The summed E-state index contributed by atoms with van der Waals surface area (Å²) in [4.78, 5) is 48.3. The Morgan fingerprint density at radius 2 is 0.542 bits per heavy atom. The number of fused-ring (bicyclic) bond motifs is 10. The van der Waals surface area contributed by atoms with Crippen molar-refractivity contribution >= 4 is 65.7 Å². The van der Waals surface area contributed by atoms with Gasteiger partial charge in [-0.1, -0.05) is 340 Å². The maximum atomic E-state index is 6.47. The van der Waals surface area contributed by atoms with Gasteiger partial charge < -0.3 is 8.83 Å². The monoisotopic (exact) mass is 1510 g/mol. The second-order valence-corrected chi connectivity index (χ2v) is 29.1. The predicted molar refractivity (Wildman–Crippen MR) is 477 cm³/mol. The highest BCUT2D eigenvalue weighted by molar-refractivity contribution is 6.21. The summed E-state index contributed by atoms with van der Waals surface area (Å²) in [5, 5.41) is 6.32. The Kier molecular flexibility index (Phi) is 18.0. The van der Waals surface area contributed by atoms with E-state index in [9.17, 15) is 0 Å². The molecule has 0 radical (unpaired) electrons. The number of para-hydroxylation sites is 1. The van der Waals surface area contributed by atoms with Crippen LogP contribution in [-0.2, 0) is 0 Å². The van der Waals surface area contributed by atoms with Gasteiger partial charge in [0.15, 0.2) is 40.5 Å². The molecule has 16 aromatic carbocycles. The molecule has 0 N–H and O–H groups in total. The average molecular weight is 1510 g/mol. The van der Waals surface area contributed by atoms with Crippen LogP contribution in [-0.4, -0.2) is 49.8 Å². The molecule has 0 aliphatic heterocycles. The first-order valence-electron chi connectivity index (χ1n) is 39.1. The van der Waals surface area contributed by atoms with Crippen molar-refractivity contribution in [3.63, 3.8) is 0 Å². The number of hydrogen-bond acceptors (Lipinski definition) is 12. The van der Waals surface area contributed by atoms with E-state index in [0.717, 1.165) is 171 Å². The maximum Gasteiger partial charge on any atom is 0.180 e. The highest BCUT2D eigenvalue weighted by atomic mass is 16.3. The van der Waals surface area contributed by atoms with Gasteiger partial charge in [0.25, 0.3) is 0 Å². The fraction of sp³-hybridized carbons (Fsp3) is 0. The molecule has 6 heterocycles. The van der Waals surface area contributed by atoms with Crippen molar-refractivity contribution in [1.82, 2.24) is 49.8 Å². The van der Waals surface area contributed by atoms with Gasteiger partial charge in [0.05, 0.1) is 16.3 Å². The Morgan fingerprint density at radius 3 is 1.04 bits per heavy atom. The molecular formula is C106H66N10O2. The molecule has 0 fully saturated rings. The van der Waals surface area contributed by atoms with Crippen LogP contribution in [0.25, 0.3) is 223 Å². The predicted octanol–water partition coefficient (Wildman–Crippen LogP) is 26.8. The molecule has 0 spiro atoms. The smallest absolute Gasteiger partial charge is 0.180 e. The molecule has 22 aromatic rings. The van der Waals surface area contributed by atoms with Gasteiger partial charge in [-0.15, -0.1) is 0 Å². The van der Waals surface area contributed by atoms with Crippen molar-refractivity contribution in [2.24, 2.45) is 0 Å². The summed E-state index contributed by atoms with van der Waals surface area (Å²) in [7, 11) is 0. The zero-order chi connectivity index (χ0) is 78.2. The number of aromatic nitrogens is 10. The number of furan rings is 2. The Bertz CT molecular complexity index is 7510. The Morgan fingerprint density at radius 1 is 0.195 bits per heavy atom. The van der Waals surface area contributed by atoms with Crippen LogP contribution in [0.1, 0.15) is 0 Å². The molecule has 12 nitrogen and oxygen atoms in total. The van der Waals surface area contributed by atoms with Gasteiger partial charge in [-0.2, -0.15) is 0 Å². The van der Waals surface area contributed by atoms with E-state index in [0.29, 0.717) is 40.5 Å². The molecular weight excluding hydrogens is 1450 g/mol. The normalized spacial score (nSPS) is 11.4. The van der Waals surface area contributed by atoms with Crippen LogP contribution in [0.4, 0.5) is 0 Å². The van der Waals surface area contributed by atoms with Crippen LogP contribution in [0.2, 0.25) is 0 Å². The first-order valence-corrected chi connectivity index (χ1v) is 39.1. The summed E-state index contributed by atoms with van der Waals surface area (Å²) in [5.74, 6) is 3.75. The average Bonchev–Trinajstić information content (AvgIpc) is 1.59. The Labute approximate surface area is 678 Å². The molecule has 12 heteroatoms. The largest absolute Gasteiger partial charge is 0.455 e. The van der Waals surface area contributed by atoms with E-state index in [4.69, 9.17) is 38.7 Å². The quantitative estimate of drug-likeness (QED) is 0.102. The molecule has 0 saturated carbocycles. The lowest BCUT2D eigenvalue weighted by Crippen LogP contribution is -2.00. The van der Waals surface area contributed by atoms with Gasteiger partial charge in [-0.3, -0.25) is 0 Å². The Balaban J connectivity index is 0.000000147. The van der Waals surface area contributed by atoms with Gasteiger partial charge in [-0.05, 0) is 126 Å². The third-order valence-corrected chi connectivity index (χ3v) is 21.8. The van der Waals surface area contributed by atoms with Crippen molar-refractivity contribution in [2.75, 3.05) is 0 Å². The topological polar surface area (TPSA) is 155 Å². The van der Waals surface area contributed by atoms with Crippen LogP contribution in [0.15, 0.2) is 410 Å². The lowest BCUT2D eigenvalue weighted by Gasteiger charge is -2.11. The van der Waals surface area contributed by atoms with Crippen LogP contribution in [0, 0.1) is 0 Å². The molecule has 22 rings (SSSR count). The fourth-order valence-corrected chi connectivity index (χ4v) is 15.8. The van der Waals surface area contributed by atoms with Crippen molar-refractivity contribution < 1.29 is 8.83 Å². The van der Waals surface area contributed by atoms with Gasteiger partial charge in [-0.25, -0.2) is 49.8 Å². The van der Waals surface area contributed by atoms with E-state index in [-0.39, 0.29) is 0 Å². The van der Waals surface area contributed by atoms with E-state index < -0.39 is 0 Å². The van der Waals surface area contributed by atoms with Crippen molar-refractivity contribution in [3.8, 4) is 157 Å². The summed E-state index contributed by atoms with van der Waals surface area (Å²) >= 11 is 0. The number of nitrogens with zero attached hydrogens (tertiary/aromatic N) is 10. The van der Waals surface area contributed by atoms with E-state index in [1.54, 1.807) is 12.7 Å². The number of benzene rings is 16. The summed E-state index contributed by atoms with van der Waals surface area (Å²) in [6.45, 7) is 0. The summed E-state index contributed by atoms with van der Waals surface area (Å²) in [6.07, 6.45) is 5.10. The zero-order valence-corrected chi connectivity index (χ0v) is 63.4. The molecule has 552 valence electrons.